The van der Waals surface area contributed by atoms with Gasteiger partial charge in [-0.1, -0.05) is 17.8 Å². The van der Waals surface area contributed by atoms with Crippen LogP contribution in [-0.4, -0.2) is 52.1 Å². The van der Waals surface area contributed by atoms with Gasteiger partial charge < -0.3 is 15.2 Å². The minimum Gasteiger partial charge on any atom is -0.351 e. The second-order valence-electron chi connectivity index (χ2n) is 5.81. The van der Waals surface area contributed by atoms with Crippen molar-refractivity contribution in [1.29, 1.82) is 0 Å². The molecule has 1 saturated heterocycles. The number of nitrogens with zero attached hydrogens (tertiary/aromatic N) is 4. The van der Waals surface area contributed by atoms with E-state index >= 15 is 0 Å². The third kappa shape index (κ3) is 3.98. The SMILES string of the molecule is CCn1c(C)nnc1SCCNC(=O)c1cccc(N2CCNC2=O)c1. The highest BCUT2D eigenvalue weighted by Crippen LogP contribution is 2.18. The zero-order chi connectivity index (χ0) is 18.5. The molecule has 0 saturated carbocycles. The van der Waals surface area contributed by atoms with Gasteiger partial charge in [0.15, 0.2) is 5.16 Å². The average molecular weight is 374 g/mol. The second kappa shape index (κ2) is 8.22. The van der Waals surface area contributed by atoms with E-state index in [0.29, 0.717) is 31.0 Å². The van der Waals surface area contributed by atoms with E-state index in [1.807, 2.05) is 17.6 Å². The molecule has 0 bridgehead atoms. The summed E-state index contributed by atoms with van der Waals surface area (Å²) in [6, 6.07) is 6.98. The lowest BCUT2D eigenvalue weighted by molar-refractivity contribution is 0.0956. The summed E-state index contributed by atoms with van der Waals surface area (Å²) >= 11 is 1.57. The summed E-state index contributed by atoms with van der Waals surface area (Å²) in [6.45, 7) is 6.55. The number of amides is 3. The van der Waals surface area contributed by atoms with Crippen molar-refractivity contribution in [2.75, 3.05) is 30.3 Å². The number of rotatable bonds is 7. The maximum Gasteiger partial charge on any atom is 0.321 e. The van der Waals surface area contributed by atoms with Crippen LogP contribution < -0.4 is 15.5 Å². The van der Waals surface area contributed by atoms with Crippen LogP contribution in [0.2, 0.25) is 0 Å². The Bertz CT molecular complexity index is 806. The van der Waals surface area contributed by atoms with Crippen molar-refractivity contribution >= 4 is 29.4 Å². The minimum atomic E-state index is -0.153. The Morgan fingerprint density at radius 1 is 1.38 bits per heavy atom. The Morgan fingerprint density at radius 3 is 2.96 bits per heavy atom. The van der Waals surface area contributed by atoms with Gasteiger partial charge in [0.2, 0.25) is 0 Å². The number of nitrogens with one attached hydrogen (secondary N) is 2. The minimum absolute atomic E-state index is 0.130. The molecule has 1 aromatic heterocycles. The summed E-state index contributed by atoms with van der Waals surface area (Å²) in [5, 5.41) is 14.7. The number of urea groups is 1. The molecule has 1 aliphatic heterocycles. The molecular formula is C17H22N6O2S. The molecule has 0 aliphatic carbocycles. The molecule has 0 unspecified atom stereocenters. The Kier molecular flexibility index (Phi) is 5.77. The number of aryl methyl sites for hydroxylation is 1. The fourth-order valence-corrected chi connectivity index (χ4v) is 3.68. The molecule has 138 valence electrons. The van der Waals surface area contributed by atoms with Gasteiger partial charge in [0, 0.05) is 43.2 Å². The van der Waals surface area contributed by atoms with Crippen molar-refractivity contribution < 1.29 is 9.59 Å². The molecule has 3 amide bonds. The van der Waals surface area contributed by atoms with Crippen LogP contribution >= 0.6 is 11.8 Å². The highest BCUT2D eigenvalue weighted by Gasteiger charge is 2.21. The molecule has 0 radical (unpaired) electrons. The largest absolute Gasteiger partial charge is 0.351 e. The van der Waals surface area contributed by atoms with Crippen molar-refractivity contribution in [3.63, 3.8) is 0 Å². The van der Waals surface area contributed by atoms with Crippen LogP contribution in [0.1, 0.15) is 23.1 Å². The van der Waals surface area contributed by atoms with Crippen molar-refractivity contribution in [3.8, 4) is 0 Å². The molecule has 8 nitrogen and oxygen atoms in total. The third-order valence-electron chi connectivity index (χ3n) is 4.11. The monoisotopic (exact) mass is 374 g/mol. The maximum atomic E-state index is 12.4. The number of carbonyl (C=O) groups excluding carboxylic acids is 2. The molecule has 9 heteroatoms. The van der Waals surface area contributed by atoms with Crippen LogP contribution in [0.15, 0.2) is 29.4 Å². The molecule has 1 aliphatic rings. The van der Waals surface area contributed by atoms with E-state index < -0.39 is 0 Å². The highest BCUT2D eigenvalue weighted by atomic mass is 32.2. The fraction of sp³-hybridized carbons (Fsp3) is 0.412. The lowest BCUT2D eigenvalue weighted by Crippen LogP contribution is -2.29. The van der Waals surface area contributed by atoms with Gasteiger partial charge in [-0.05, 0) is 32.0 Å². The number of hydrogen-bond acceptors (Lipinski definition) is 5. The van der Waals surface area contributed by atoms with E-state index in [1.54, 1.807) is 34.9 Å². The van der Waals surface area contributed by atoms with Crippen LogP contribution in [0.4, 0.5) is 10.5 Å². The molecule has 2 N–H and O–H groups in total. The Labute approximate surface area is 156 Å². The van der Waals surface area contributed by atoms with Crippen LogP contribution in [0.3, 0.4) is 0 Å². The molecule has 0 spiro atoms. The first kappa shape index (κ1) is 18.2. The molecule has 1 fully saturated rings. The Morgan fingerprint density at radius 2 is 2.23 bits per heavy atom. The molecule has 3 rings (SSSR count). The van der Waals surface area contributed by atoms with Crippen LogP contribution in [0.5, 0.6) is 0 Å². The Hall–Kier alpha value is -2.55. The smallest absolute Gasteiger partial charge is 0.321 e. The highest BCUT2D eigenvalue weighted by molar-refractivity contribution is 7.99. The molecule has 26 heavy (non-hydrogen) atoms. The van der Waals surface area contributed by atoms with E-state index in [2.05, 4.69) is 27.8 Å². The van der Waals surface area contributed by atoms with Crippen LogP contribution in [-0.2, 0) is 6.54 Å². The van der Waals surface area contributed by atoms with Crippen molar-refractivity contribution in [2.24, 2.45) is 0 Å². The van der Waals surface area contributed by atoms with E-state index in [1.165, 1.54) is 0 Å². The van der Waals surface area contributed by atoms with E-state index in [4.69, 9.17) is 0 Å². The normalized spacial score (nSPS) is 13.8. The quantitative estimate of drug-likeness (QED) is 0.568. The van der Waals surface area contributed by atoms with Gasteiger partial charge >= 0.3 is 6.03 Å². The summed E-state index contributed by atoms with van der Waals surface area (Å²) in [5.74, 6) is 1.44. The number of thioether (sulfide) groups is 1. The molecule has 1 aromatic carbocycles. The maximum absolute atomic E-state index is 12.4. The average Bonchev–Trinajstić information content (AvgIpc) is 3.23. The van der Waals surface area contributed by atoms with E-state index in [9.17, 15) is 9.59 Å². The predicted octanol–water partition coefficient (Wildman–Crippen LogP) is 1.66. The summed E-state index contributed by atoms with van der Waals surface area (Å²) in [5.41, 5.74) is 1.27. The topological polar surface area (TPSA) is 92.2 Å². The molecule has 2 heterocycles. The van der Waals surface area contributed by atoms with Gasteiger partial charge in [-0.25, -0.2) is 4.79 Å². The predicted molar refractivity (Wildman–Crippen MR) is 101 cm³/mol. The summed E-state index contributed by atoms with van der Waals surface area (Å²) in [6.07, 6.45) is 0. The van der Waals surface area contributed by atoms with Gasteiger partial charge in [0.05, 0.1) is 0 Å². The van der Waals surface area contributed by atoms with Crippen molar-refractivity contribution in [2.45, 2.75) is 25.5 Å². The van der Waals surface area contributed by atoms with Gasteiger partial charge in [-0.15, -0.1) is 10.2 Å². The number of carbonyl (C=O) groups is 2. The van der Waals surface area contributed by atoms with Crippen LogP contribution in [0.25, 0.3) is 0 Å². The fourth-order valence-electron chi connectivity index (χ4n) is 2.77. The molecule has 2 aromatic rings. The van der Waals surface area contributed by atoms with Crippen molar-refractivity contribution in [3.05, 3.63) is 35.7 Å². The first-order valence-electron chi connectivity index (χ1n) is 8.56. The number of hydrogen-bond donors (Lipinski definition) is 2. The standard InChI is InChI=1S/C17H22N6O2S/c1-3-22-12(2)20-21-17(22)26-10-8-18-15(24)13-5-4-6-14(11-13)23-9-7-19-16(23)25/h4-6,11H,3,7-10H2,1-2H3,(H,18,24)(H,19,25). The van der Waals surface area contributed by atoms with Gasteiger partial charge in [-0.3, -0.25) is 9.69 Å². The van der Waals surface area contributed by atoms with Gasteiger partial charge in [-0.2, -0.15) is 0 Å². The van der Waals surface area contributed by atoms with E-state index in [-0.39, 0.29) is 11.9 Å². The summed E-state index contributed by atoms with van der Waals surface area (Å²) in [4.78, 5) is 25.7. The zero-order valence-electron chi connectivity index (χ0n) is 14.9. The lowest BCUT2D eigenvalue weighted by atomic mass is 10.2. The second-order valence-corrected chi connectivity index (χ2v) is 6.87. The number of benzene rings is 1. The number of aromatic nitrogens is 3. The summed E-state index contributed by atoms with van der Waals surface area (Å²) in [7, 11) is 0. The first-order valence-corrected chi connectivity index (χ1v) is 9.55. The first-order chi connectivity index (χ1) is 12.6. The lowest BCUT2D eigenvalue weighted by Gasteiger charge is -2.15. The molecular weight excluding hydrogens is 352 g/mol. The zero-order valence-corrected chi connectivity index (χ0v) is 15.7. The van der Waals surface area contributed by atoms with Gasteiger partial charge in [0.25, 0.3) is 5.91 Å². The molecule has 0 atom stereocenters. The van der Waals surface area contributed by atoms with Crippen molar-refractivity contribution in [1.82, 2.24) is 25.4 Å². The van der Waals surface area contributed by atoms with E-state index in [0.717, 1.165) is 23.2 Å². The summed E-state index contributed by atoms with van der Waals surface area (Å²) < 4.78 is 2.04. The third-order valence-corrected chi connectivity index (χ3v) is 5.08. The number of anilines is 1. The Balaban J connectivity index is 1.53. The van der Waals surface area contributed by atoms with Crippen LogP contribution in [0, 0.1) is 6.92 Å². The van der Waals surface area contributed by atoms with Gasteiger partial charge in [0.1, 0.15) is 5.82 Å².